The van der Waals surface area contributed by atoms with Crippen LogP contribution in [-0.2, 0) is 25.5 Å². The number of benzene rings is 2. The van der Waals surface area contributed by atoms with Crippen molar-refractivity contribution < 1.29 is 23.9 Å². The lowest BCUT2D eigenvalue weighted by atomic mass is 10.1. The second-order valence-electron chi connectivity index (χ2n) is 7.20. The fourth-order valence-corrected chi connectivity index (χ4v) is 3.47. The average molecular weight is 423 g/mol. The molecule has 3 amide bonds. The molecule has 0 aliphatic carbocycles. The summed E-state index contributed by atoms with van der Waals surface area (Å²) in [6.45, 7) is 1.79. The monoisotopic (exact) mass is 423 g/mol. The van der Waals surface area contributed by atoms with Gasteiger partial charge in [0.05, 0.1) is 5.92 Å². The number of nitrogens with zero attached hydrogens (tertiary/aromatic N) is 1. The third-order valence-electron chi connectivity index (χ3n) is 5.13. The second kappa shape index (κ2) is 9.88. The van der Waals surface area contributed by atoms with Crippen LogP contribution in [0.1, 0.15) is 29.3 Å². The minimum atomic E-state index is -0.614. The molecule has 1 heterocycles. The zero-order valence-corrected chi connectivity index (χ0v) is 17.5. The van der Waals surface area contributed by atoms with Crippen LogP contribution in [0.15, 0.2) is 48.5 Å². The highest BCUT2D eigenvalue weighted by Crippen LogP contribution is 2.29. The van der Waals surface area contributed by atoms with Crippen LogP contribution in [0.3, 0.4) is 0 Å². The SMILES string of the molecule is CCc1ccccc1N1C[C@H](C(=O)OCC(=O)Nc2ccc(C(=O)NC)cc2)CC1=O. The molecule has 0 unspecified atom stereocenters. The molecule has 1 aliphatic heterocycles. The number of hydrogen-bond acceptors (Lipinski definition) is 5. The van der Waals surface area contributed by atoms with Crippen molar-refractivity contribution in [1.29, 1.82) is 0 Å². The van der Waals surface area contributed by atoms with E-state index in [2.05, 4.69) is 10.6 Å². The maximum Gasteiger partial charge on any atom is 0.311 e. The lowest BCUT2D eigenvalue weighted by Crippen LogP contribution is -2.28. The van der Waals surface area contributed by atoms with E-state index in [4.69, 9.17) is 4.74 Å². The average Bonchev–Trinajstić information content (AvgIpc) is 3.18. The van der Waals surface area contributed by atoms with Crippen LogP contribution in [0.5, 0.6) is 0 Å². The Labute approximate surface area is 180 Å². The molecule has 1 saturated heterocycles. The molecule has 2 aromatic carbocycles. The number of ether oxygens (including phenoxy) is 1. The maximum atomic E-state index is 12.4. The summed E-state index contributed by atoms with van der Waals surface area (Å²) in [5.74, 6) is -2.05. The largest absolute Gasteiger partial charge is 0.455 e. The number of aryl methyl sites for hydroxylation is 1. The van der Waals surface area contributed by atoms with Gasteiger partial charge in [-0.25, -0.2) is 0 Å². The third kappa shape index (κ3) is 5.28. The zero-order chi connectivity index (χ0) is 22.4. The smallest absolute Gasteiger partial charge is 0.311 e. The van der Waals surface area contributed by atoms with E-state index in [1.807, 2.05) is 31.2 Å². The van der Waals surface area contributed by atoms with Gasteiger partial charge in [0.1, 0.15) is 0 Å². The van der Waals surface area contributed by atoms with Crippen molar-refractivity contribution in [3.05, 3.63) is 59.7 Å². The maximum absolute atomic E-state index is 12.4. The Hall–Kier alpha value is -3.68. The first-order valence-corrected chi connectivity index (χ1v) is 10.1. The first-order chi connectivity index (χ1) is 14.9. The summed E-state index contributed by atoms with van der Waals surface area (Å²) >= 11 is 0. The van der Waals surface area contributed by atoms with Gasteiger partial charge in [-0.15, -0.1) is 0 Å². The van der Waals surface area contributed by atoms with Crippen LogP contribution >= 0.6 is 0 Å². The molecular formula is C23H25N3O5. The summed E-state index contributed by atoms with van der Waals surface area (Å²) < 4.78 is 5.13. The number of hydrogen-bond donors (Lipinski definition) is 2. The number of amides is 3. The summed E-state index contributed by atoms with van der Waals surface area (Å²) in [6.07, 6.45) is 0.832. The molecule has 8 nitrogen and oxygen atoms in total. The van der Waals surface area contributed by atoms with Crippen LogP contribution in [0, 0.1) is 5.92 Å². The minimum Gasteiger partial charge on any atom is -0.455 e. The van der Waals surface area contributed by atoms with E-state index >= 15 is 0 Å². The van der Waals surface area contributed by atoms with E-state index in [1.165, 1.54) is 7.05 Å². The highest BCUT2D eigenvalue weighted by molar-refractivity contribution is 6.00. The Morgan fingerprint density at radius 3 is 2.48 bits per heavy atom. The van der Waals surface area contributed by atoms with Crippen LogP contribution in [0.2, 0.25) is 0 Å². The molecule has 162 valence electrons. The molecule has 0 aromatic heterocycles. The van der Waals surface area contributed by atoms with Crippen molar-refractivity contribution in [1.82, 2.24) is 5.32 Å². The van der Waals surface area contributed by atoms with Crippen molar-refractivity contribution in [2.45, 2.75) is 19.8 Å². The third-order valence-corrected chi connectivity index (χ3v) is 5.13. The molecule has 8 heteroatoms. The lowest BCUT2D eigenvalue weighted by Gasteiger charge is -2.19. The molecule has 31 heavy (non-hydrogen) atoms. The summed E-state index contributed by atoms with van der Waals surface area (Å²) in [7, 11) is 1.53. The Kier molecular flexibility index (Phi) is 7.02. The molecular weight excluding hydrogens is 398 g/mol. The molecule has 0 bridgehead atoms. The van der Waals surface area contributed by atoms with Gasteiger partial charge in [-0.2, -0.15) is 0 Å². The van der Waals surface area contributed by atoms with Gasteiger partial charge in [0.25, 0.3) is 11.8 Å². The van der Waals surface area contributed by atoms with Crippen LogP contribution in [-0.4, -0.2) is 43.9 Å². The van der Waals surface area contributed by atoms with E-state index in [1.54, 1.807) is 29.2 Å². The van der Waals surface area contributed by atoms with Crippen LogP contribution in [0.25, 0.3) is 0 Å². The van der Waals surface area contributed by atoms with Crippen molar-refractivity contribution in [3.63, 3.8) is 0 Å². The van der Waals surface area contributed by atoms with Gasteiger partial charge in [-0.3, -0.25) is 19.2 Å². The van der Waals surface area contributed by atoms with Gasteiger partial charge >= 0.3 is 5.97 Å². The van der Waals surface area contributed by atoms with Gasteiger partial charge in [0.2, 0.25) is 5.91 Å². The van der Waals surface area contributed by atoms with E-state index in [0.717, 1.165) is 17.7 Å². The van der Waals surface area contributed by atoms with Gasteiger partial charge in [-0.05, 0) is 42.3 Å². The van der Waals surface area contributed by atoms with Crippen molar-refractivity contribution in [2.75, 3.05) is 30.4 Å². The fourth-order valence-electron chi connectivity index (χ4n) is 3.47. The first kappa shape index (κ1) is 22.0. The topological polar surface area (TPSA) is 105 Å². The summed E-state index contributed by atoms with van der Waals surface area (Å²) in [5, 5.41) is 5.12. The van der Waals surface area contributed by atoms with E-state index in [-0.39, 0.29) is 24.8 Å². The number of para-hydroxylation sites is 1. The molecule has 0 saturated carbocycles. The second-order valence-corrected chi connectivity index (χ2v) is 7.20. The first-order valence-electron chi connectivity index (χ1n) is 10.1. The van der Waals surface area contributed by atoms with Gasteiger partial charge in [0, 0.05) is 37.0 Å². The van der Waals surface area contributed by atoms with Crippen molar-refractivity contribution in [2.24, 2.45) is 5.92 Å². The number of nitrogens with one attached hydrogen (secondary N) is 2. The van der Waals surface area contributed by atoms with Crippen molar-refractivity contribution in [3.8, 4) is 0 Å². The zero-order valence-electron chi connectivity index (χ0n) is 17.5. The summed E-state index contributed by atoms with van der Waals surface area (Å²) in [5.41, 5.74) is 2.79. The standard InChI is InChI=1S/C23H25N3O5/c1-3-15-6-4-5-7-19(15)26-13-17(12-21(26)28)23(30)31-14-20(27)25-18-10-8-16(9-11-18)22(29)24-2/h4-11,17H,3,12-14H2,1-2H3,(H,24,29)(H,25,27)/t17-/m1/s1. The molecule has 1 aliphatic rings. The van der Waals surface area contributed by atoms with Gasteiger partial charge in [-0.1, -0.05) is 25.1 Å². The predicted molar refractivity (Wildman–Crippen MR) is 116 cm³/mol. The highest BCUT2D eigenvalue weighted by Gasteiger charge is 2.37. The number of anilines is 2. The molecule has 2 N–H and O–H groups in total. The Bertz CT molecular complexity index is 987. The quantitative estimate of drug-likeness (QED) is 0.664. The Balaban J connectivity index is 1.52. The van der Waals surface area contributed by atoms with Crippen molar-refractivity contribution >= 4 is 35.1 Å². The number of carbonyl (C=O) groups is 4. The van der Waals surface area contributed by atoms with E-state index < -0.39 is 24.4 Å². The van der Waals surface area contributed by atoms with E-state index in [0.29, 0.717) is 11.3 Å². The summed E-state index contributed by atoms with van der Waals surface area (Å²) in [6, 6.07) is 13.9. The highest BCUT2D eigenvalue weighted by atomic mass is 16.5. The molecule has 3 rings (SSSR count). The Morgan fingerprint density at radius 2 is 1.81 bits per heavy atom. The van der Waals surface area contributed by atoms with E-state index in [9.17, 15) is 19.2 Å². The van der Waals surface area contributed by atoms with Gasteiger partial charge < -0.3 is 20.3 Å². The number of rotatable bonds is 7. The number of esters is 1. The molecule has 0 spiro atoms. The molecule has 1 fully saturated rings. The number of carbonyl (C=O) groups excluding carboxylic acids is 4. The predicted octanol–water partition coefficient (Wildman–Crippen LogP) is 2.14. The van der Waals surface area contributed by atoms with Crippen LogP contribution in [0.4, 0.5) is 11.4 Å². The van der Waals surface area contributed by atoms with Crippen LogP contribution < -0.4 is 15.5 Å². The molecule has 0 radical (unpaired) electrons. The van der Waals surface area contributed by atoms with Gasteiger partial charge in [0.15, 0.2) is 6.61 Å². The minimum absolute atomic E-state index is 0.0550. The normalized spacial score (nSPS) is 15.5. The summed E-state index contributed by atoms with van der Waals surface area (Å²) in [4.78, 5) is 50.1. The molecule has 2 aromatic rings. The lowest BCUT2D eigenvalue weighted by molar-refractivity contribution is -0.151. The fraction of sp³-hybridized carbons (Fsp3) is 0.304. The Morgan fingerprint density at radius 1 is 1.10 bits per heavy atom. The molecule has 1 atom stereocenters.